The molecule has 0 bridgehead atoms. The Balaban J connectivity index is 1.39. The molecule has 1 saturated carbocycles. The van der Waals surface area contributed by atoms with Crippen LogP contribution in [0.15, 0.2) is 36.7 Å². The number of carbonyl (C=O) groups excluding carboxylic acids is 1. The van der Waals surface area contributed by atoms with Gasteiger partial charge in [0.05, 0.1) is 12.9 Å². The maximum absolute atomic E-state index is 16.5. The number of hydrogen-bond acceptors (Lipinski definition) is 11. The molecule has 6 atom stereocenters. The van der Waals surface area contributed by atoms with Crippen LogP contribution in [0.4, 0.5) is 8.78 Å². The highest BCUT2D eigenvalue weighted by Crippen LogP contribution is 2.52. The first-order chi connectivity index (χ1) is 21.9. The molecule has 0 amide bonds. The minimum absolute atomic E-state index is 0.000598. The molecule has 0 radical (unpaired) electrons. The van der Waals surface area contributed by atoms with E-state index < -0.39 is 50.2 Å². The molecule has 1 aromatic carbocycles. The zero-order valence-corrected chi connectivity index (χ0v) is 26.5. The molecule has 5 rings (SSSR count). The molecule has 46 heavy (non-hydrogen) atoms. The topological polar surface area (TPSA) is 156 Å². The number of alkyl halides is 2. The zero-order valence-electron chi connectivity index (χ0n) is 25.6. The van der Waals surface area contributed by atoms with Gasteiger partial charge in [-0.3, -0.25) is 13.9 Å². The summed E-state index contributed by atoms with van der Waals surface area (Å²) in [7, 11) is -4.63. The molecule has 16 heteroatoms. The van der Waals surface area contributed by atoms with Crippen LogP contribution >= 0.6 is 7.75 Å². The van der Waals surface area contributed by atoms with Crippen LogP contribution in [-0.4, -0.2) is 73.6 Å². The first-order valence-electron chi connectivity index (χ1n) is 14.9. The van der Waals surface area contributed by atoms with Crippen molar-refractivity contribution in [3.63, 3.8) is 0 Å². The highest BCUT2D eigenvalue weighted by atomic mass is 31.2. The smallest absolute Gasteiger partial charge is 0.459 e. The first kappa shape index (κ1) is 33.7. The lowest BCUT2D eigenvalue weighted by Crippen LogP contribution is -2.48. The van der Waals surface area contributed by atoms with E-state index in [1.54, 1.807) is 38.0 Å². The van der Waals surface area contributed by atoms with Gasteiger partial charge in [0, 0.05) is 0 Å². The summed E-state index contributed by atoms with van der Waals surface area (Å²) in [6.45, 7) is 3.59. The first-order valence-corrected chi connectivity index (χ1v) is 16.5. The number of ether oxygens (including phenoxy) is 3. The summed E-state index contributed by atoms with van der Waals surface area (Å²) < 4.78 is 75.3. The van der Waals surface area contributed by atoms with Crippen LogP contribution in [0.2, 0.25) is 0 Å². The highest BCUT2D eigenvalue weighted by Gasteiger charge is 2.67. The van der Waals surface area contributed by atoms with Gasteiger partial charge in [-0.05, 0) is 58.6 Å². The SMILES string of the molecule is C#C[C@]1(F)[C@H](n2cnc3c(OCC)nc(C)nc32)O[C@](F)(CO[P@@](=O)(NC(C)C(=O)OC2CCCCC2)Oc2ccccc2)[C@H]1O. The number of fused-ring (bicyclic) bond motifs is 1. The van der Waals surface area contributed by atoms with Gasteiger partial charge in [0.25, 0.3) is 5.85 Å². The molecule has 1 saturated heterocycles. The number of terminal acetylenes is 1. The lowest BCUT2D eigenvalue weighted by Gasteiger charge is -2.28. The second-order valence-corrected chi connectivity index (χ2v) is 12.8. The number of nitrogens with zero attached hydrogens (tertiary/aromatic N) is 4. The number of aryl methyl sites for hydroxylation is 1. The molecular formula is C30H36F2N5O8P. The van der Waals surface area contributed by atoms with Gasteiger partial charge < -0.3 is 23.8 Å². The summed E-state index contributed by atoms with van der Waals surface area (Å²) in [5, 5.41) is 13.4. The molecular weight excluding hydrogens is 627 g/mol. The van der Waals surface area contributed by atoms with Crippen LogP contribution in [0.5, 0.6) is 11.6 Å². The Bertz CT molecular complexity index is 1630. The van der Waals surface area contributed by atoms with E-state index in [-0.39, 0.29) is 41.3 Å². The van der Waals surface area contributed by atoms with Crippen molar-refractivity contribution in [3.05, 3.63) is 42.5 Å². The van der Waals surface area contributed by atoms with Crippen LogP contribution in [0.25, 0.3) is 11.2 Å². The number of para-hydroxylation sites is 1. The molecule has 1 aliphatic heterocycles. The Morgan fingerprint density at radius 3 is 2.65 bits per heavy atom. The van der Waals surface area contributed by atoms with Gasteiger partial charge in [0.2, 0.25) is 11.5 Å². The standard InChI is InChI=1S/C30H36F2N5O8P/c1-5-29(31)27(39)30(32,44-28(29)37-18-33-23-24(37)34-20(4)35-25(23)41-6-2)17-42-46(40,45-22-15-11-8-12-16-22)36-19(3)26(38)43-21-13-9-7-10-14-21/h1,8,11-12,15-16,18-19,21,27-28,39H,6-7,9-10,13-14,17H2,2-4H3,(H,36,40)/t19?,27-,28+,29+,30+,46-/m0/s1. The van der Waals surface area contributed by atoms with E-state index in [9.17, 15) is 14.5 Å². The van der Waals surface area contributed by atoms with Crippen molar-refractivity contribution in [3.8, 4) is 24.0 Å². The van der Waals surface area contributed by atoms with Crippen molar-refractivity contribution < 1.29 is 46.5 Å². The van der Waals surface area contributed by atoms with Gasteiger partial charge in [-0.1, -0.05) is 30.5 Å². The average molecular weight is 664 g/mol. The maximum atomic E-state index is 16.5. The van der Waals surface area contributed by atoms with Crippen LogP contribution in [0.1, 0.15) is 58.0 Å². The molecule has 248 valence electrons. The summed E-state index contributed by atoms with van der Waals surface area (Å²) in [4.78, 5) is 25.5. The van der Waals surface area contributed by atoms with Gasteiger partial charge >= 0.3 is 13.7 Å². The molecule has 3 heterocycles. The lowest BCUT2D eigenvalue weighted by atomic mass is 9.96. The molecule has 2 aromatic heterocycles. The monoisotopic (exact) mass is 663 g/mol. The Labute approximate surface area is 264 Å². The third-order valence-corrected chi connectivity index (χ3v) is 9.29. The molecule has 1 aliphatic carbocycles. The quantitative estimate of drug-likeness (QED) is 0.159. The van der Waals surface area contributed by atoms with Crippen molar-refractivity contribution in [2.45, 2.75) is 88.9 Å². The largest absolute Gasteiger partial charge is 0.476 e. The number of benzene rings is 1. The number of hydrogen-bond donors (Lipinski definition) is 2. The van der Waals surface area contributed by atoms with E-state index in [4.69, 9.17) is 29.7 Å². The number of aromatic nitrogens is 4. The van der Waals surface area contributed by atoms with Crippen LogP contribution in [-0.2, 0) is 23.4 Å². The number of nitrogens with one attached hydrogen (secondary N) is 1. The molecule has 13 nitrogen and oxygen atoms in total. The number of imidazole rings is 1. The van der Waals surface area contributed by atoms with Crippen molar-refractivity contribution >= 4 is 24.9 Å². The van der Waals surface area contributed by atoms with Gasteiger partial charge in [-0.25, -0.2) is 23.3 Å². The Kier molecular flexibility index (Phi) is 9.95. The van der Waals surface area contributed by atoms with E-state index in [0.717, 1.165) is 30.2 Å². The Morgan fingerprint density at radius 2 is 1.98 bits per heavy atom. The fourth-order valence-electron chi connectivity index (χ4n) is 5.33. The molecule has 2 N–H and O–H groups in total. The molecule has 1 unspecified atom stereocenters. The van der Waals surface area contributed by atoms with Crippen molar-refractivity contribution in [1.29, 1.82) is 0 Å². The lowest BCUT2D eigenvalue weighted by molar-refractivity contribution is -0.202. The number of carbonyl (C=O) groups is 1. The van der Waals surface area contributed by atoms with Crippen LogP contribution < -0.4 is 14.3 Å². The van der Waals surface area contributed by atoms with Crippen molar-refractivity contribution in [2.75, 3.05) is 13.2 Å². The second-order valence-electron chi connectivity index (χ2n) is 11.1. The fraction of sp³-hybridized carbons (Fsp3) is 0.533. The van der Waals surface area contributed by atoms with E-state index in [1.807, 2.05) is 0 Å². The van der Waals surface area contributed by atoms with Crippen LogP contribution in [0.3, 0.4) is 0 Å². The number of aliphatic hydroxyl groups excluding tert-OH is 1. The van der Waals surface area contributed by atoms with E-state index in [2.05, 4.69) is 20.0 Å². The van der Waals surface area contributed by atoms with Gasteiger partial charge in [0.1, 0.15) is 30.3 Å². The van der Waals surface area contributed by atoms with Gasteiger partial charge in [0.15, 0.2) is 23.5 Å². The fourth-order valence-corrected chi connectivity index (χ4v) is 6.84. The molecule has 2 aliphatic rings. The van der Waals surface area contributed by atoms with Gasteiger partial charge in [-0.15, -0.1) is 6.42 Å². The number of rotatable bonds is 12. The Morgan fingerprint density at radius 1 is 1.26 bits per heavy atom. The number of esters is 1. The van der Waals surface area contributed by atoms with Crippen molar-refractivity contribution in [2.24, 2.45) is 0 Å². The van der Waals surface area contributed by atoms with Gasteiger partial charge in [-0.2, -0.15) is 10.1 Å². The van der Waals surface area contributed by atoms with E-state index in [1.165, 1.54) is 19.1 Å². The molecule has 3 aromatic rings. The summed E-state index contributed by atoms with van der Waals surface area (Å²) >= 11 is 0. The minimum Gasteiger partial charge on any atom is -0.476 e. The summed E-state index contributed by atoms with van der Waals surface area (Å²) in [6.07, 6.45) is 5.96. The maximum Gasteiger partial charge on any atom is 0.459 e. The average Bonchev–Trinajstić information content (AvgIpc) is 3.54. The number of halogens is 2. The zero-order chi connectivity index (χ0) is 33.1. The van der Waals surface area contributed by atoms with Crippen LogP contribution in [0, 0.1) is 19.3 Å². The third kappa shape index (κ3) is 6.86. The predicted molar refractivity (Wildman–Crippen MR) is 160 cm³/mol. The summed E-state index contributed by atoms with van der Waals surface area (Å²) in [5.41, 5.74) is -3.05. The highest BCUT2D eigenvalue weighted by molar-refractivity contribution is 7.52. The molecule has 2 fully saturated rings. The van der Waals surface area contributed by atoms with E-state index in [0.29, 0.717) is 12.8 Å². The molecule has 0 spiro atoms. The third-order valence-electron chi connectivity index (χ3n) is 7.67. The second kappa shape index (κ2) is 13.6. The van der Waals surface area contributed by atoms with Crippen molar-refractivity contribution in [1.82, 2.24) is 24.6 Å². The van der Waals surface area contributed by atoms with E-state index >= 15 is 8.78 Å². The summed E-state index contributed by atoms with van der Waals surface area (Å²) in [5.74, 6) is -1.91. The number of aliphatic hydroxyl groups is 1. The predicted octanol–water partition coefficient (Wildman–Crippen LogP) is 4.49. The minimum atomic E-state index is -4.63. The Hall–Kier alpha value is -3.67. The summed E-state index contributed by atoms with van der Waals surface area (Å²) in [6, 6.07) is 6.56. The normalized spacial score (nSPS) is 27.1.